The van der Waals surface area contributed by atoms with Gasteiger partial charge in [0.1, 0.15) is 0 Å². The average Bonchev–Trinajstić information content (AvgIpc) is 2.18. The van der Waals surface area contributed by atoms with Crippen LogP contribution in [0.1, 0.15) is 20.8 Å². The predicted molar refractivity (Wildman–Crippen MR) is 56.8 cm³/mol. The van der Waals surface area contributed by atoms with Gasteiger partial charge in [-0.2, -0.15) is 0 Å². The molecule has 0 radical (unpaired) electrons. The van der Waals surface area contributed by atoms with Gasteiger partial charge in [-0.3, -0.25) is 4.90 Å². The number of piperazine rings is 1. The van der Waals surface area contributed by atoms with Gasteiger partial charge in [-0.1, -0.05) is 6.92 Å². The molecule has 78 valence electrons. The third-order valence-corrected chi connectivity index (χ3v) is 3.18. The van der Waals surface area contributed by atoms with Crippen LogP contribution in [0, 0.1) is 0 Å². The van der Waals surface area contributed by atoms with Crippen molar-refractivity contribution >= 4 is 0 Å². The van der Waals surface area contributed by atoms with Crippen molar-refractivity contribution in [1.82, 2.24) is 9.80 Å². The summed E-state index contributed by atoms with van der Waals surface area (Å²) in [5.74, 6) is 0. The lowest BCUT2D eigenvalue weighted by Gasteiger charge is -2.43. The fourth-order valence-electron chi connectivity index (χ4n) is 1.80. The van der Waals surface area contributed by atoms with E-state index in [0.29, 0.717) is 0 Å². The molecule has 1 aliphatic heterocycles. The minimum Gasteiger partial charge on any atom is -0.329 e. The molecule has 0 atom stereocenters. The highest BCUT2D eigenvalue weighted by atomic mass is 15.3. The third-order valence-electron chi connectivity index (χ3n) is 3.18. The first-order valence-electron chi connectivity index (χ1n) is 5.27. The van der Waals surface area contributed by atoms with E-state index in [0.717, 1.165) is 19.6 Å². The molecule has 0 spiro atoms. The molecule has 0 amide bonds. The van der Waals surface area contributed by atoms with E-state index in [4.69, 9.17) is 5.73 Å². The normalized spacial score (nSPS) is 22.2. The SMILES string of the molecule is CCN1CCN(C(C)(C)CN)CC1. The summed E-state index contributed by atoms with van der Waals surface area (Å²) in [6.07, 6.45) is 0. The minimum atomic E-state index is 0.180. The van der Waals surface area contributed by atoms with Crippen LogP contribution in [-0.2, 0) is 0 Å². The highest BCUT2D eigenvalue weighted by molar-refractivity contribution is 4.85. The Morgan fingerprint density at radius 1 is 1.15 bits per heavy atom. The van der Waals surface area contributed by atoms with Gasteiger partial charge >= 0.3 is 0 Å². The molecular weight excluding hydrogens is 162 g/mol. The van der Waals surface area contributed by atoms with Crippen LogP contribution in [0.25, 0.3) is 0 Å². The summed E-state index contributed by atoms with van der Waals surface area (Å²) >= 11 is 0. The number of nitrogens with two attached hydrogens (primary N) is 1. The van der Waals surface area contributed by atoms with E-state index >= 15 is 0 Å². The van der Waals surface area contributed by atoms with Crippen LogP contribution in [-0.4, -0.2) is 54.6 Å². The van der Waals surface area contributed by atoms with Crippen LogP contribution in [0.2, 0.25) is 0 Å². The largest absolute Gasteiger partial charge is 0.329 e. The molecule has 1 saturated heterocycles. The summed E-state index contributed by atoms with van der Waals surface area (Å²) in [5.41, 5.74) is 5.93. The topological polar surface area (TPSA) is 32.5 Å². The van der Waals surface area contributed by atoms with E-state index in [1.807, 2.05) is 0 Å². The van der Waals surface area contributed by atoms with Gasteiger partial charge in [0.15, 0.2) is 0 Å². The third kappa shape index (κ3) is 2.66. The van der Waals surface area contributed by atoms with E-state index in [1.54, 1.807) is 0 Å². The smallest absolute Gasteiger partial charge is 0.0276 e. The van der Waals surface area contributed by atoms with E-state index in [-0.39, 0.29) is 5.54 Å². The fraction of sp³-hybridized carbons (Fsp3) is 1.00. The van der Waals surface area contributed by atoms with Crippen molar-refractivity contribution in [2.75, 3.05) is 39.3 Å². The summed E-state index contributed by atoms with van der Waals surface area (Å²) in [4.78, 5) is 4.99. The monoisotopic (exact) mass is 185 g/mol. The lowest BCUT2D eigenvalue weighted by atomic mass is 10.0. The Morgan fingerprint density at radius 3 is 2.08 bits per heavy atom. The molecule has 3 nitrogen and oxygen atoms in total. The van der Waals surface area contributed by atoms with Crippen LogP contribution in [0.4, 0.5) is 0 Å². The van der Waals surface area contributed by atoms with Gasteiger partial charge in [0.05, 0.1) is 0 Å². The molecule has 0 aromatic heterocycles. The van der Waals surface area contributed by atoms with Crippen molar-refractivity contribution in [2.45, 2.75) is 26.3 Å². The van der Waals surface area contributed by atoms with Crippen molar-refractivity contribution in [1.29, 1.82) is 0 Å². The van der Waals surface area contributed by atoms with Crippen molar-refractivity contribution in [3.63, 3.8) is 0 Å². The first-order valence-corrected chi connectivity index (χ1v) is 5.27. The second-order valence-electron chi connectivity index (χ2n) is 4.44. The van der Waals surface area contributed by atoms with Crippen molar-refractivity contribution in [3.05, 3.63) is 0 Å². The maximum absolute atomic E-state index is 5.75. The van der Waals surface area contributed by atoms with Crippen molar-refractivity contribution in [2.24, 2.45) is 5.73 Å². The Bertz CT molecular complexity index is 148. The molecule has 0 aromatic rings. The predicted octanol–water partition coefficient (Wildman–Crippen LogP) is 0.361. The van der Waals surface area contributed by atoms with E-state index in [1.165, 1.54) is 19.6 Å². The van der Waals surface area contributed by atoms with Crippen LogP contribution in [0.5, 0.6) is 0 Å². The second kappa shape index (κ2) is 4.40. The molecule has 0 unspecified atom stereocenters. The van der Waals surface area contributed by atoms with Crippen LogP contribution < -0.4 is 5.73 Å². The summed E-state index contributed by atoms with van der Waals surface area (Å²) in [6.45, 7) is 13.3. The Kier molecular flexibility index (Phi) is 3.71. The highest BCUT2D eigenvalue weighted by Crippen LogP contribution is 2.14. The molecule has 0 aliphatic carbocycles. The lowest BCUT2D eigenvalue weighted by Crippen LogP contribution is -2.57. The maximum Gasteiger partial charge on any atom is 0.0276 e. The van der Waals surface area contributed by atoms with E-state index in [2.05, 4.69) is 30.6 Å². The van der Waals surface area contributed by atoms with E-state index < -0.39 is 0 Å². The molecule has 0 aromatic carbocycles. The minimum absolute atomic E-state index is 0.180. The number of hydrogen-bond donors (Lipinski definition) is 1. The Morgan fingerprint density at radius 2 is 1.69 bits per heavy atom. The number of hydrogen-bond acceptors (Lipinski definition) is 3. The van der Waals surface area contributed by atoms with Gasteiger partial charge in [-0.25, -0.2) is 0 Å². The zero-order valence-electron chi connectivity index (χ0n) is 9.21. The molecule has 3 heteroatoms. The summed E-state index contributed by atoms with van der Waals surface area (Å²) in [7, 11) is 0. The number of nitrogens with zero attached hydrogens (tertiary/aromatic N) is 2. The molecule has 1 rings (SSSR count). The average molecular weight is 185 g/mol. The maximum atomic E-state index is 5.75. The van der Waals surface area contributed by atoms with Gasteiger partial charge in [0, 0.05) is 38.3 Å². The highest BCUT2D eigenvalue weighted by Gasteiger charge is 2.27. The van der Waals surface area contributed by atoms with Crippen LogP contribution >= 0.6 is 0 Å². The zero-order chi connectivity index (χ0) is 9.90. The van der Waals surface area contributed by atoms with Gasteiger partial charge in [0.25, 0.3) is 0 Å². The molecule has 0 bridgehead atoms. The van der Waals surface area contributed by atoms with Gasteiger partial charge < -0.3 is 10.6 Å². The molecule has 0 saturated carbocycles. The Hall–Kier alpha value is -0.120. The molecule has 2 N–H and O–H groups in total. The standard InChI is InChI=1S/C10H23N3/c1-4-12-5-7-13(8-6-12)10(2,3)9-11/h4-9,11H2,1-3H3. The Labute approximate surface area is 81.9 Å². The second-order valence-corrected chi connectivity index (χ2v) is 4.44. The summed E-state index contributed by atoms with van der Waals surface area (Å²) in [5, 5.41) is 0. The van der Waals surface area contributed by atoms with Crippen molar-refractivity contribution < 1.29 is 0 Å². The zero-order valence-corrected chi connectivity index (χ0v) is 9.21. The van der Waals surface area contributed by atoms with Crippen LogP contribution in [0.15, 0.2) is 0 Å². The van der Waals surface area contributed by atoms with Gasteiger partial charge in [-0.05, 0) is 20.4 Å². The van der Waals surface area contributed by atoms with Crippen LogP contribution in [0.3, 0.4) is 0 Å². The molecule has 13 heavy (non-hydrogen) atoms. The molecule has 1 aliphatic rings. The van der Waals surface area contributed by atoms with Crippen molar-refractivity contribution in [3.8, 4) is 0 Å². The molecule has 1 heterocycles. The fourth-order valence-corrected chi connectivity index (χ4v) is 1.80. The van der Waals surface area contributed by atoms with E-state index in [9.17, 15) is 0 Å². The summed E-state index contributed by atoms with van der Waals surface area (Å²) in [6, 6.07) is 0. The molecular formula is C10H23N3. The Balaban J connectivity index is 2.40. The van der Waals surface area contributed by atoms with Gasteiger partial charge in [0.2, 0.25) is 0 Å². The first kappa shape index (κ1) is 11.0. The van der Waals surface area contributed by atoms with Gasteiger partial charge in [-0.15, -0.1) is 0 Å². The lowest BCUT2D eigenvalue weighted by molar-refractivity contribution is 0.0591. The summed E-state index contributed by atoms with van der Waals surface area (Å²) < 4.78 is 0. The first-order chi connectivity index (χ1) is 6.10. The quantitative estimate of drug-likeness (QED) is 0.689. The number of likely N-dealkylation sites (N-methyl/N-ethyl adjacent to an activating group) is 1. The number of rotatable bonds is 3. The molecule has 1 fully saturated rings.